The summed E-state index contributed by atoms with van der Waals surface area (Å²) < 4.78 is 1.82. The van der Waals surface area contributed by atoms with Gasteiger partial charge in [0.25, 0.3) is 0 Å². The highest BCUT2D eigenvalue weighted by Crippen LogP contribution is 2.33. The van der Waals surface area contributed by atoms with Crippen molar-refractivity contribution in [2.75, 3.05) is 0 Å². The summed E-state index contributed by atoms with van der Waals surface area (Å²) in [6.45, 7) is 1.89. The third kappa shape index (κ3) is 1.22. The van der Waals surface area contributed by atoms with Crippen molar-refractivity contribution in [1.29, 1.82) is 0 Å². The summed E-state index contributed by atoms with van der Waals surface area (Å²) in [6, 6.07) is 0. The summed E-state index contributed by atoms with van der Waals surface area (Å²) >= 11 is 0. The number of aryl methyl sites for hydroxylation is 2. The van der Waals surface area contributed by atoms with Crippen LogP contribution in [0, 0.1) is 6.92 Å². The van der Waals surface area contributed by atoms with E-state index in [1.807, 2.05) is 18.7 Å². The number of aliphatic carboxylic acids is 1. The summed E-state index contributed by atoms with van der Waals surface area (Å²) in [5.41, 5.74) is 2.92. The lowest BCUT2D eigenvalue weighted by Crippen LogP contribution is -2.18. The van der Waals surface area contributed by atoms with Crippen molar-refractivity contribution in [2.45, 2.75) is 32.1 Å². The molecule has 1 atom stereocenters. The van der Waals surface area contributed by atoms with Crippen molar-refractivity contribution in [3.63, 3.8) is 0 Å². The number of fused-ring (bicyclic) bond motifs is 1. The fourth-order valence-electron chi connectivity index (χ4n) is 2.34. The van der Waals surface area contributed by atoms with E-state index in [0.29, 0.717) is 0 Å². The van der Waals surface area contributed by atoms with Gasteiger partial charge in [-0.25, -0.2) is 0 Å². The van der Waals surface area contributed by atoms with Crippen LogP contribution < -0.4 is 0 Å². The van der Waals surface area contributed by atoms with Gasteiger partial charge in [-0.1, -0.05) is 0 Å². The van der Waals surface area contributed by atoms with Crippen molar-refractivity contribution in [3.05, 3.63) is 17.0 Å². The molecule has 0 amide bonds. The number of aromatic nitrogens is 2. The molecule has 0 aromatic carbocycles. The van der Waals surface area contributed by atoms with Gasteiger partial charge in [0, 0.05) is 18.3 Å². The molecule has 1 unspecified atom stereocenters. The van der Waals surface area contributed by atoms with Crippen molar-refractivity contribution < 1.29 is 9.90 Å². The summed E-state index contributed by atoms with van der Waals surface area (Å²) in [7, 11) is 1.88. The summed E-state index contributed by atoms with van der Waals surface area (Å²) in [5.74, 6) is -1.06. The Hall–Kier alpha value is -1.32. The van der Waals surface area contributed by atoms with Gasteiger partial charge in [-0.05, 0) is 26.2 Å². The van der Waals surface area contributed by atoms with Crippen molar-refractivity contribution in [2.24, 2.45) is 7.05 Å². The molecule has 0 fully saturated rings. The van der Waals surface area contributed by atoms with Gasteiger partial charge in [0.05, 0.1) is 11.6 Å². The third-order valence-electron chi connectivity index (χ3n) is 2.94. The first-order valence-electron chi connectivity index (χ1n) is 4.86. The highest BCUT2D eigenvalue weighted by Gasteiger charge is 2.30. The largest absolute Gasteiger partial charge is 0.481 e. The van der Waals surface area contributed by atoms with Crippen LogP contribution in [0.2, 0.25) is 0 Å². The lowest BCUT2D eigenvalue weighted by molar-refractivity contribution is -0.139. The molecule has 76 valence electrons. The van der Waals surface area contributed by atoms with E-state index < -0.39 is 5.97 Å². The standard InChI is InChI=1S/C10H14N2O2/c1-6-9-7(10(13)14)4-3-5-8(9)12(2)11-6/h7H,3-5H2,1-2H3,(H,13,14). The number of carboxylic acid groups (broad SMARTS) is 1. The van der Waals surface area contributed by atoms with Crippen LogP contribution in [0.1, 0.15) is 35.7 Å². The van der Waals surface area contributed by atoms with E-state index in [4.69, 9.17) is 5.11 Å². The maximum atomic E-state index is 11.0. The summed E-state index contributed by atoms with van der Waals surface area (Å²) in [5, 5.41) is 13.4. The first kappa shape index (κ1) is 9.24. The molecular weight excluding hydrogens is 180 g/mol. The van der Waals surface area contributed by atoms with Crippen molar-refractivity contribution in [3.8, 4) is 0 Å². The second-order valence-electron chi connectivity index (χ2n) is 3.85. The maximum Gasteiger partial charge on any atom is 0.311 e. The minimum atomic E-state index is -0.720. The van der Waals surface area contributed by atoms with E-state index in [1.54, 1.807) is 0 Å². The van der Waals surface area contributed by atoms with Gasteiger partial charge in [-0.15, -0.1) is 0 Å². The lowest BCUT2D eigenvalue weighted by Gasteiger charge is -2.19. The van der Waals surface area contributed by atoms with Crippen LogP contribution in [0.15, 0.2) is 0 Å². The van der Waals surface area contributed by atoms with Crippen LogP contribution in [-0.2, 0) is 18.3 Å². The average Bonchev–Trinajstić information content (AvgIpc) is 2.43. The predicted octanol–water partition coefficient (Wildman–Crippen LogP) is 1.23. The molecule has 0 spiro atoms. The molecule has 0 saturated carbocycles. The maximum absolute atomic E-state index is 11.0. The van der Waals surface area contributed by atoms with Crippen LogP contribution in [-0.4, -0.2) is 20.9 Å². The molecule has 1 aromatic rings. The predicted molar refractivity (Wildman–Crippen MR) is 51.3 cm³/mol. The van der Waals surface area contributed by atoms with Crippen LogP contribution in [0.4, 0.5) is 0 Å². The Labute approximate surface area is 82.5 Å². The number of nitrogens with zero attached hydrogens (tertiary/aromatic N) is 2. The minimum Gasteiger partial charge on any atom is -0.481 e. The van der Waals surface area contributed by atoms with E-state index in [2.05, 4.69) is 5.10 Å². The van der Waals surface area contributed by atoms with Crippen LogP contribution >= 0.6 is 0 Å². The van der Waals surface area contributed by atoms with Gasteiger partial charge in [0.2, 0.25) is 0 Å². The normalized spacial score (nSPS) is 20.6. The van der Waals surface area contributed by atoms with E-state index in [1.165, 1.54) is 0 Å². The number of carboxylic acids is 1. The van der Waals surface area contributed by atoms with Gasteiger partial charge in [0.1, 0.15) is 0 Å². The van der Waals surface area contributed by atoms with Crippen LogP contribution in [0.25, 0.3) is 0 Å². The smallest absolute Gasteiger partial charge is 0.311 e. The zero-order valence-electron chi connectivity index (χ0n) is 8.45. The zero-order chi connectivity index (χ0) is 10.3. The molecule has 4 nitrogen and oxygen atoms in total. The molecule has 2 rings (SSSR count). The number of hydrogen-bond donors (Lipinski definition) is 1. The lowest BCUT2D eigenvalue weighted by atomic mass is 9.85. The highest BCUT2D eigenvalue weighted by molar-refractivity contribution is 5.77. The van der Waals surface area contributed by atoms with Gasteiger partial charge in [0.15, 0.2) is 0 Å². The number of carbonyl (C=O) groups is 1. The Bertz CT molecular complexity index is 382. The second-order valence-corrected chi connectivity index (χ2v) is 3.85. The Kier molecular flexibility index (Phi) is 2.06. The Balaban J connectivity index is 2.53. The van der Waals surface area contributed by atoms with Gasteiger partial charge < -0.3 is 5.11 Å². The molecule has 1 N–H and O–H groups in total. The Morgan fingerprint density at radius 3 is 3.00 bits per heavy atom. The second kappa shape index (κ2) is 3.12. The monoisotopic (exact) mass is 194 g/mol. The molecule has 1 aromatic heterocycles. The molecule has 1 aliphatic carbocycles. The van der Waals surface area contributed by atoms with Crippen molar-refractivity contribution >= 4 is 5.97 Å². The molecular formula is C10H14N2O2. The fourth-order valence-corrected chi connectivity index (χ4v) is 2.34. The van der Waals surface area contributed by atoms with Gasteiger partial charge >= 0.3 is 5.97 Å². The molecule has 0 saturated heterocycles. The third-order valence-corrected chi connectivity index (χ3v) is 2.94. The fraction of sp³-hybridized carbons (Fsp3) is 0.600. The number of rotatable bonds is 1. The van der Waals surface area contributed by atoms with E-state index >= 15 is 0 Å². The number of hydrogen-bond acceptors (Lipinski definition) is 2. The highest BCUT2D eigenvalue weighted by atomic mass is 16.4. The molecule has 0 radical (unpaired) electrons. The SMILES string of the molecule is Cc1nn(C)c2c1C(C(=O)O)CCC2. The van der Waals surface area contributed by atoms with Crippen LogP contribution in [0.3, 0.4) is 0 Å². The Morgan fingerprint density at radius 2 is 2.36 bits per heavy atom. The quantitative estimate of drug-likeness (QED) is 0.731. The van der Waals surface area contributed by atoms with Gasteiger partial charge in [-0.3, -0.25) is 9.48 Å². The molecule has 0 bridgehead atoms. The molecule has 1 aliphatic rings. The molecule has 0 aliphatic heterocycles. The zero-order valence-corrected chi connectivity index (χ0v) is 8.45. The first-order chi connectivity index (χ1) is 6.61. The van der Waals surface area contributed by atoms with Crippen LogP contribution in [0.5, 0.6) is 0 Å². The minimum absolute atomic E-state index is 0.340. The average molecular weight is 194 g/mol. The Morgan fingerprint density at radius 1 is 1.64 bits per heavy atom. The van der Waals surface area contributed by atoms with E-state index in [-0.39, 0.29) is 5.92 Å². The first-order valence-corrected chi connectivity index (χ1v) is 4.86. The molecule has 4 heteroatoms. The van der Waals surface area contributed by atoms with Gasteiger partial charge in [-0.2, -0.15) is 5.10 Å². The van der Waals surface area contributed by atoms with Crippen molar-refractivity contribution in [1.82, 2.24) is 9.78 Å². The summed E-state index contributed by atoms with van der Waals surface area (Å²) in [4.78, 5) is 11.0. The van der Waals surface area contributed by atoms with E-state index in [9.17, 15) is 4.79 Å². The van der Waals surface area contributed by atoms with E-state index in [0.717, 1.165) is 36.2 Å². The molecule has 1 heterocycles. The molecule has 14 heavy (non-hydrogen) atoms. The topological polar surface area (TPSA) is 55.1 Å². The summed E-state index contributed by atoms with van der Waals surface area (Å²) in [6.07, 6.45) is 2.65.